The summed E-state index contributed by atoms with van der Waals surface area (Å²) in [6.45, 7) is 7.61. The Kier molecular flexibility index (Phi) is 7.04. The first-order chi connectivity index (χ1) is 9.56. The molecule has 0 radical (unpaired) electrons. The number of aromatic hydroxyl groups is 1. The molecule has 0 fully saturated rings. The number of nitrogens with two attached hydrogens (primary N) is 1. The van der Waals surface area contributed by atoms with Gasteiger partial charge in [0.15, 0.2) is 0 Å². The van der Waals surface area contributed by atoms with E-state index < -0.39 is 6.04 Å². The summed E-state index contributed by atoms with van der Waals surface area (Å²) < 4.78 is 0. The number of rotatable bonds is 8. The highest BCUT2D eigenvalue weighted by atomic mass is 16.3. The summed E-state index contributed by atoms with van der Waals surface area (Å²) in [5.74, 6) is 0.0798. The normalized spacial score (nSPS) is 12.4. The molecule has 1 rings (SSSR count). The Balaban J connectivity index is 2.33. The van der Waals surface area contributed by atoms with Gasteiger partial charge in [-0.15, -0.1) is 0 Å². The standard InChI is InChI=1S/C15H25N3O2/c1-3-18(4-2)10-9-17-15(20)14(16)11-12-5-7-13(19)8-6-12/h5-8,14,19H,3-4,9-11,16H2,1-2H3,(H,17,20)/t14-/m0/s1. The number of phenols is 1. The van der Waals surface area contributed by atoms with Crippen molar-refractivity contribution in [2.75, 3.05) is 26.2 Å². The zero-order chi connectivity index (χ0) is 15.0. The number of nitrogens with one attached hydrogen (secondary N) is 1. The highest BCUT2D eigenvalue weighted by molar-refractivity contribution is 5.81. The molecule has 0 heterocycles. The Bertz CT molecular complexity index is 402. The SMILES string of the molecule is CCN(CC)CCNC(=O)[C@@H](N)Cc1ccc(O)cc1. The summed E-state index contributed by atoms with van der Waals surface area (Å²) in [6.07, 6.45) is 0.470. The predicted octanol–water partition coefficient (Wildman–Crippen LogP) is 0.720. The molecular formula is C15H25N3O2. The first-order valence-corrected chi connectivity index (χ1v) is 7.10. The molecule has 0 saturated carbocycles. The average Bonchev–Trinajstić information content (AvgIpc) is 2.45. The molecule has 0 spiro atoms. The zero-order valence-electron chi connectivity index (χ0n) is 12.3. The third-order valence-electron chi connectivity index (χ3n) is 3.35. The van der Waals surface area contributed by atoms with E-state index in [1.54, 1.807) is 24.3 Å². The van der Waals surface area contributed by atoms with Crippen LogP contribution in [-0.4, -0.2) is 48.1 Å². The number of carbonyl (C=O) groups excluding carboxylic acids is 1. The van der Waals surface area contributed by atoms with Crippen LogP contribution in [0, 0.1) is 0 Å². The Labute approximate surface area is 120 Å². The van der Waals surface area contributed by atoms with E-state index in [1.165, 1.54) is 0 Å². The molecule has 5 nitrogen and oxygen atoms in total. The van der Waals surface area contributed by atoms with Crippen molar-refractivity contribution in [3.63, 3.8) is 0 Å². The molecule has 1 atom stereocenters. The molecule has 20 heavy (non-hydrogen) atoms. The fourth-order valence-corrected chi connectivity index (χ4v) is 1.99. The van der Waals surface area contributed by atoms with E-state index >= 15 is 0 Å². The number of phenolic OH excluding ortho intramolecular Hbond substituents is 1. The van der Waals surface area contributed by atoms with Crippen molar-refractivity contribution in [3.05, 3.63) is 29.8 Å². The average molecular weight is 279 g/mol. The van der Waals surface area contributed by atoms with Crippen molar-refractivity contribution < 1.29 is 9.90 Å². The number of nitrogens with zero attached hydrogens (tertiary/aromatic N) is 1. The lowest BCUT2D eigenvalue weighted by atomic mass is 10.1. The molecular weight excluding hydrogens is 254 g/mol. The second-order valence-corrected chi connectivity index (χ2v) is 4.79. The number of carbonyl (C=O) groups is 1. The molecule has 0 aliphatic heterocycles. The van der Waals surface area contributed by atoms with E-state index in [0.717, 1.165) is 25.2 Å². The maximum absolute atomic E-state index is 11.9. The van der Waals surface area contributed by atoms with Gasteiger partial charge in [-0.2, -0.15) is 0 Å². The zero-order valence-corrected chi connectivity index (χ0v) is 12.3. The van der Waals surface area contributed by atoms with E-state index in [2.05, 4.69) is 24.1 Å². The van der Waals surface area contributed by atoms with Gasteiger partial charge in [-0.05, 0) is 37.2 Å². The minimum Gasteiger partial charge on any atom is -0.508 e. The van der Waals surface area contributed by atoms with E-state index in [9.17, 15) is 9.90 Å². The van der Waals surface area contributed by atoms with Gasteiger partial charge in [-0.1, -0.05) is 26.0 Å². The molecule has 4 N–H and O–H groups in total. The third-order valence-corrected chi connectivity index (χ3v) is 3.35. The van der Waals surface area contributed by atoms with E-state index in [0.29, 0.717) is 13.0 Å². The monoisotopic (exact) mass is 279 g/mol. The van der Waals surface area contributed by atoms with Crippen molar-refractivity contribution in [1.82, 2.24) is 10.2 Å². The second-order valence-electron chi connectivity index (χ2n) is 4.79. The van der Waals surface area contributed by atoms with Crippen LogP contribution in [0.4, 0.5) is 0 Å². The quantitative estimate of drug-likeness (QED) is 0.655. The smallest absolute Gasteiger partial charge is 0.237 e. The highest BCUT2D eigenvalue weighted by Crippen LogP contribution is 2.10. The van der Waals surface area contributed by atoms with Crippen LogP contribution in [0.25, 0.3) is 0 Å². The van der Waals surface area contributed by atoms with E-state index in [4.69, 9.17) is 5.73 Å². The number of likely N-dealkylation sites (N-methyl/N-ethyl adjacent to an activating group) is 1. The van der Waals surface area contributed by atoms with Crippen LogP contribution in [0.2, 0.25) is 0 Å². The largest absolute Gasteiger partial charge is 0.508 e. The Hall–Kier alpha value is -1.59. The van der Waals surface area contributed by atoms with E-state index in [1.807, 2.05) is 0 Å². The van der Waals surface area contributed by atoms with Gasteiger partial charge in [0.2, 0.25) is 5.91 Å². The number of hydrogen-bond donors (Lipinski definition) is 3. The number of benzene rings is 1. The molecule has 112 valence electrons. The summed E-state index contributed by atoms with van der Waals surface area (Å²) in [7, 11) is 0. The first-order valence-electron chi connectivity index (χ1n) is 7.10. The minimum absolute atomic E-state index is 0.134. The number of amides is 1. The summed E-state index contributed by atoms with van der Waals surface area (Å²) in [6, 6.07) is 6.19. The van der Waals surface area contributed by atoms with Gasteiger partial charge in [0.05, 0.1) is 6.04 Å². The lowest BCUT2D eigenvalue weighted by molar-refractivity contribution is -0.122. The van der Waals surface area contributed by atoms with Gasteiger partial charge >= 0.3 is 0 Å². The minimum atomic E-state index is -0.559. The maximum Gasteiger partial charge on any atom is 0.237 e. The van der Waals surface area contributed by atoms with Crippen LogP contribution in [0.1, 0.15) is 19.4 Å². The topological polar surface area (TPSA) is 78.6 Å². The van der Waals surface area contributed by atoms with Gasteiger partial charge < -0.3 is 21.1 Å². The molecule has 1 aromatic carbocycles. The Morgan fingerprint density at radius 2 is 1.90 bits per heavy atom. The van der Waals surface area contributed by atoms with Crippen LogP contribution in [0.15, 0.2) is 24.3 Å². The molecule has 0 saturated heterocycles. The maximum atomic E-state index is 11.9. The van der Waals surface area contributed by atoms with Crippen LogP contribution in [0.3, 0.4) is 0 Å². The van der Waals surface area contributed by atoms with Gasteiger partial charge in [-0.3, -0.25) is 4.79 Å². The fourth-order valence-electron chi connectivity index (χ4n) is 1.99. The summed E-state index contributed by atoms with van der Waals surface area (Å²) in [5.41, 5.74) is 6.82. The molecule has 0 unspecified atom stereocenters. The van der Waals surface area contributed by atoms with Gasteiger partial charge in [0, 0.05) is 13.1 Å². The second kappa shape index (κ2) is 8.55. The van der Waals surface area contributed by atoms with Gasteiger partial charge in [-0.25, -0.2) is 0 Å². The van der Waals surface area contributed by atoms with Crippen molar-refractivity contribution in [3.8, 4) is 5.75 Å². The predicted molar refractivity (Wildman–Crippen MR) is 80.6 cm³/mol. The molecule has 5 heteroatoms. The van der Waals surface area contributed by atoms with Crippen LogP contribution in [-0.2, 0) is 11.2 Å². The van der Waals surface area contributed by atoms with E-state index in [-0.39, 0.29) is 11.7 Å². The Morgan fingerprint density at radius 1 is 1.30 bits per heavy atom. The molecule has 0 bridgehead atoms. The third kappa shape index (κ3) is 5.59. The molecule has 0 aliphatic rings. The first kappa shape index (κ1) is 16.5. The van der Waals surface area contributed by atoms with Crippen LogP contribution >= 0.6 is 0 Å². The number of hydrogen-bond acceptors (Lipinski definition) is 4. The molecule has 0 aliphatic carbocycles. The lowest BCUT2D eigenvalue weighted by Gasteiger charge is -2.19. The molecule has 0 aromatic heterocycles. The van der Waals surface area contributed by atoms with Crippen molar-refractivity contribution in [2.24, 2.45) is 5.73 Å². The summed E-state index contributed by atoms with van der Waals surface area (Å²) in [5, 5.41) is 12.1. The van der Waals surface area contributed by atoms with Gasteiger partial charge in [0.1, 0.15) is 5.75 Å². The summed E-state index contributed by atoms with van der Waals surface area (Å²) >= 11 is 0. The van der Waals surface area contributed by atoms with Crippen molar-refractivity contribution >= 4 is 5.91 Å². The van der Waals surface area contributed by atoms with Crippen molar-refractivity contribution in [2.45, 2.75) is 26.3 Å². The lowest BCUT2D eigenvalue weighted by Crippen LogP contribution is -2.44. The molecule has 1 aromatic rings. The van der Waals surface area contributed by atoms with Crippen molar-refractivity contribution in [1.29, 1.82) is 0 Å². The summed E-state index contributed by atoms with van der Waals surface area (Å²) in [4.78, 5) is 14.1. The fraction of sp³-hybridized carbons (Fsp3) is 0.533. The van der Waals surface area contributed by atoms with Gasteiger partial charge in [0.25, 0.3) is 0 Å². The highest BCUT2D eigenvalue weighted by Gasteiger charge is 2.13. The molecule has 1 amide bonds. The van der Waals surface area contributed by atoms with Crippen LogP contribution in [0.5, 0.6) is 5.75 Å². The van der Waals surface area contributed by atoms with Crippen LogP contribution < -0.4 is 11.1 Å². The Morgan fingerprint density at radius 3 is 2.45 bits per heavy atom.